The number of piperazine rings is 1. The highest BCUT2D eigenvalue weighted by Crippen LogP contribution is 2.34. The summed E-state index contributed by atoms with van der Waals surface area (Å²) in [5, 5.41) is 8.94. The Labute approximate surface area is 220 Å². The van der Waals surface area contributed by atoms with Gasteiger partial charge in [0.15, 0.2) is 9.84 Å². The number of fused-ring (bicyclic) bond motifs is 1. The minimum absolute atomic E-state index is 0.0210. The van der Waals surface area contributed by atoms with E-state index in [1.807, 2.05) is 0 Å². The molecule has 0 bridgehead atoms. The lowest BCUT2D eigenvalue weighted by atomic mass is 10.0. The minimum atomic E-state index is -4.78. The van der Waals surface area contributed by atoms with E-state index >= 15 is 0 Å². The number of nitrogens with one attached hydrogen (secondary N) is 1. The lowest BCUT2D eigenvalue weighted by molar-refractivity contribution is -0.138. The van der Waals surface area contributed by atoms with Gasteiger partial charge in [0.05, 0.1) is 32.8 Å². The summed E-state index contributed by atoms with van der Waals surface area (Å²) in [6.07, 6.45) is -4.81. The number of amides is 1. The summed E-state index contributed by atoms with van der Waals surface area (Å²) in [6, 6.07) is 5.85. The quantitative estimate of drug-likeness (QED) is 0.459. The summed E-state index contributed by atoms with van der Waals surface area (Å²) >= 11 is 6.00. The van der Waals surface area contributed by atoms with Crippen LogP contribution < -0.4 is 11.0 Å². The predicted octanol–water partition coefficient (Wildman–Crippen LogP) is 3.53. The van der Waals surface area contributed by atoms with Gasteiger partial charge >= 0.3 is 12.3 Å². The van der Waals surface area contributed by atoms with E-state index in [9.17, 15) is 31.2 Å². The summed E-state index contributed by atoms with van der Waals surface area (Å²) in [6.45, 7) is 2.17. The zero-order chi connectivity index (χ0) is 27.8. The third kappa shape index (κ3) is 5.71. The van der Waals surface area contributed by atoms with Crippen LogP contribution in [0.15, 0.2) is 46.3 Å². The van der Waals surface area contributed by atoms with E-state index in [0.717, 1.165) is 17.1 Å². The van der Waals surface area contributed by atoms with E-state index in [4.69, 9.17) is 16.7 Å². The molecule has 0 aliphatic carbocycles. The summed E-state index contributed by atoms with van der Waals surface area (Å²) in [7, 11) is -3.72. The van der Waals surface area contributed by atoms with Crippen molar-refractivity contribution in [3.8, 4) is 0 Å². The number of alkyl halides is 3. The number of halogens is 4. The molecule has 1 aliphatic rings. The van der Waals surface area contributed by atoms with Crippen LogP contribution in [0.4, 0.5) is 23.7 Å². The van der Waals surface area contributed by atoms with Crippen LogP contribution in [0.2, 0.25) is 5.02 Å². The van der Waals surface area contributed by atoms with E-state index in [1.165, 1.54) is 36.1 Å². The fourth-order valence-electron chi connectivity index (χ4n) is 4.17. The van der Waals surface area contributed by atoms with Crippen molar-refractivity contribution < 1.29 is 31.5 Å². The number of carboxylic acid groups (broad SMARTS) is 1. The molecule has 1 aromatic heterocycles. The number of carbonyl (C=O) groups is 1. The normalized spacial score (nSPS) is 15.1. The van der Waals surface area contributed by atoms with Gasteiger partial charge in [-0.1, -0.05) is 18.5 Å². The van der Waals surface area contributed by atoms with Crippen LogP contribution >= 0.6 is 11.6 Å². The van der Waals surface area contributed by atoms with Crippen LogP contribution in [0.5, 0.6) is 0 Å². The molecular weight excluding hydrogens is 551 g/mol. The Morgan fingerprint density at radius 3 is 2.45 bits per heavy atom. The predicted molar refractivity (Wildman–Crippen MR) is 134 cm³/mol. The Morgan fingerprint density at radius 1 is 1.16 bits per heavy atom. The molecule has 0 radical (unpaired) electrons. The first-order chi connectivity index (χ1) is 17.8. The van der Waals surface area contributed by atoms with Gasteiger partial charge in [0.2, 0.25) is 0 Å². The molecule has 4 rings (SSSR count). The molecule has 1 saturated heterocycles. The van der Waals surface area contributed by atoms with Gasteiger partial charge in [0, 0.05) is 37.7 Å². The second kappa shape index (κ2) is 10.4. The maximum atomic E-state index is 14.0. The Bertz CT molecular complexity index is 1550. The van der Waals surface area contributed by atoms with Gasteiger partial charge in [0.1, 0.15) is 6.33 Å². The zero-order valence-corrected chi connectivity index (χ0v) is 21.6. The van der Waals surface area contributed by atoms with Crippen LogP contribution in [0.1, 0.15) is 18.1 Å². The fourth-order valence-corrected chi connectivity index (χ4v) is 5.37. The van der Waals surface area contributed by atoms with Crippen molar-refractivity contribution >= 4 is 44.1 Å². The Kier molecular flexibility index (Phi) is 7.59. The molecule has 10 nitrogen and oxygen atoms in total. The number of hydrogen-bond donors (Lipinski definition) is 2. The van der Waals surface area contributed by atoms with Gasteiger partial charge in [0.25, 0.3) is 5.56 Å². The second-order valence-electron chi connectivity index (χ2n) is 8.65. The van der Waals surface area contributed by atoms with E-state index in [2.05, 4.69) is 10.4 Å². The van der Waals surface area contributed by atoms with Crippen molar-refractivity contribution in [3.05, 3.63) is 63.2 Å². The standard InChI is InChI=1S/C23H23ClF3N5O5S/c1-2-38(36,37)20-4-3-15(24)10-19(20)29-32-13-28-18-9-14(12-30-5-7-31(8-6-30)22(34)35)17(23(25,26)27)11-16(18)21(32)33/h3-4,9-11,13,29H,2,5-8,12H2,1H3,(H,34,35). The third-order valence-corrected chi connectivity index (χ3v) is 8.24. The van der Waals surface area contributed by atoms with E-state index in [-0.39, 0.29) is 70.5 Å². The van der Waals surface area contributed by atoms with Crippen LogP contribution in [0.3, 0.4) is 0 Å². The van der Waals surface area contributed by atoms with Crippen molar-refractivity contribution in [2.75, 3.05) is 37.4 Å². The molecule has 38 heavy (non-hydrogen) atoms. The SMILES string of the molecule is CCS(=O)(=O)c1ccc(Cl)cc1Nn1cnc2cc(CN3CCN(C(=O)O)CC3)c(C(F)(F)F)cc2c1=O. The minimum Gasteiger partial charge on any atom is -0.465 e. The number of anilines is 1. The fraction of sp³-hybridized carbons (Fsp3) is 0.348. The molecular formula is C23H23ClF3N5O5S. The molecule has 1 amide bonds. The maximum Gasteiger partial charge on any atom is 0.416 e. The molecule has 1 aliphatic heterocycles. The molecule has 1 fully saturated rings. The van der Waals surface area contributed by atoms with Gasteiger partial charge in [-0.25, -0.2) is 22.9 Å². The monoisotopic (exact) mass is 573 g/mol. The van der Waals surface area contributed by atoms with Crippen LogP contribution in [-0.4, -0.2) is 71.0 Å². The Balaban J connectivity index is 1.72. The highest BCUT2D eigenvalue weighted by atomic mass is 35.5. The van der Waals surface area contributed by atoms with Crippen molar-refractivity contribution in [1.82, 2.24) is 19.5 Å². The van der Waals surface area contributed by atoms with Gasteiger partial charge in [-0.15, -0.1) is 0 Å². The smallest absolute Gasteiger partial charge is 0.416 e. The molecule has 2 aromatic carbocycles. The highest BCUT2D eigenvalue weighted by Gasteiger charge is 2.35. The molecule has 0 saturated carbocycles. The van der Waals surface area contributed by atoms with E-state index in [1.54, 1.807) is 4.90 Å². The number of sulfone groups is 1. The molecule has 2 heterocycles. The van der Waals surface area contributed by atoms with Crippen molar-refractivity contribution in [1.29, 1.82) is 0 Å². The van der Waals surface area contributed by atoms with Crippen molar-refractivity contribution in [2.24, 2.45) is 0 Å². The molecule has 204 valence electrons. The number of benzene rings is 2. The second-order valence-corrected chi connectivity index (χ2v) is 11.3. The third-order valence-electron chi connectivity index (χ3n) is 6.22. The van der Waals surface area contributed by atoms with Crippen molar-refractivity contribution in [2.45, 2.75) is 24.5 Å². The van der Waals surface area contributed by atoms with Gasteiger partial charge in [-0.2, -0.15) is 13.2 Å². The van der Waals surface area contributed by atoms with E-state index in [0.29, 0.717) is 0 Å². The van der Waals surface area contributed by atoms with Crippen molar-refractivity contribution in [3.63, 3.8) is 0 Å². The lowest BCUT2D eigenvalue weighted by Gasteiger charge is -2.33. The lowest BCUT2D eigenvalue weighted by Crippen LogP contribution is -2.47. The number of rotatable bonds is 6. The van der Waals surface area contributed by atoms with Crippen LogP contribution in [-0.2, 0) is 22.6 Å². The average Bonchev–Trinajstić information content (AvgIpc) is 2.85. The maximum absolute atomic E-state index is 14.0. The first-order valence-corrected chi connectivity index (χ1v) is 13.4. The molecule has 0 unspecified atom stereocenters. The Morgan fingerprint density at radius 2 is 1.84 bits per heavy atom. The highest BCUT2D eigenvalue weighted by molar-refractivity contribution is 7.91. The summed E-state index contributed by atoms with van der Waals surface area (Å²) in [5.74, 6) is -0.225. The molecule has 0 atom stereocenters. The van der Waals surface area contributed by atoms with Crippen LogP contribution in [0.25, 0.3) is 10.9 Å². The molecule has 15 heteroatoms. The topological polar surface area (TPSA) is 125 Å². The summed E-state index contributed by atoms with van der Waals surface area (Å²) in [5.41, 5.74) is 0.604. The number of hydrogen-bond acceptors (Lipinski definition) is 7. The molecule has 2 N–H and O–H groups in total. The van der Waals surface area contributed by atoms with Gasteiger partial charge in [-0.05, 0) is 35.9 Å². The summed E-state index contributed by atoms with van der Waals surface area (Å²) < 4.78 is 67.8. The summed E-state index contributed by atoms with van der Waals surface area (Å²) in [4.78, 5) is 31.2. The zero-order valence-electron chi connectivity index (χ0n) is 20.0. The van der Waals surface area contributed by atoms with Crippen LogP contribution in [0, 0.1) is 0 Å². The molecule has 0 spiro atoms. The average molecular weight is 574 g/mol. The first-order valence-electron chi connectivity index (χ1n) is 11.4. The number of aromatic nitrogens is 2. The molecule has 3 aromatic rings. The Hall–Kier alpha value is -3.36. The first kappa shape index (κ1) is 27.7. The number of nitrogens with zero attached hydrogens (tertiary/aromatic N) is 4. The van der Waals surface area contributed by atoms with Gasteiger partial charge in [-0.3, -0.25) is 15.1 Å². The largest absolute Gasteiger partial charge is 0.465 e. The van der Waals surface area contributed by atoms with Gasteiger partial charge < -0.3 is 10.0 Å². The van der Waals surface area contributed by atoms with E-state index < -0.39 is 33.2 Å².